The van der Waals surface area contributed by atoms with Gasteiger partial charge in [0.2, 0.25) is 0 Å². The van der Waals surface area contributed by atoms with Crippen molar-refractivity contribution in [2.24, 2.45) is 0 Å². The lowest BCUT2D eigenvalue weighted by Gasteiger charge is -2.08. The van der Waals surface area contributed by atoms with Crippen molar-refractivity contribution in [3.05, 3.63) is 53.5 Å². The SMILES string of the molecule is COC(=O)c1cc(NC(=O)c2ccco2)cc(C(=O)OC)c1. The molecule has 7 nitrogen and oxygen atoms in total. The number of hydrogen-bond donors (Lipinski definition) is 1. The number of benzene rings is 1. The van der Waals surface area contributed by atoms with Crippen LogP contribution in [0.3, 0.4) is 0 Å². The number of esters is 2. The topological polar surface area (TPSA) is 94.8 Å². The first-order chi connectivity index (χ1) is 10.5. The average molecular weight is 303 g/mol. The Kier molecular flexibility index (Phi) is 4.57. The van der Waals surface area contributed by atoms with Crippen LogP contribution in [0, 0.1) is 0 Å². The van der Waals surface area contributed by atoms with Crippen molar-refractivity contribution in [2.75, 3.05) is 19.5 Å². The van der Waals surface area contributed by atoms with E-state index in [-0.39, 0.29) is 22.6 Å². The summed E-state index contributed by atoms with van der Waals surface area (Å²) >= 11 is 0. The van der Waals surface area contributed by atoms with Crippen LogP contribution in [0.4, 0.5) is 5.69 Å². The molecule has 0 aliphatic rings. The fourth-order valence-electron chi connectivity index (χ4n) is 1.77. The third-order valence-electron chi connectivity index (χ3n) is 2.78. The molecule has 1 heterocycles. The van der Waals surface area contributed by atoms with Crippen LogP contribution >= 0.6 is 0 Å². The summed E-state index contributed by atoms with van der Waals surface area (Å²) in [5.41, 5.74) is 0.463. The summed E-state index contributed by atoms with van der Waals surface area (Å²) in [7, 11) is 2.43. The summed E-state index contributed by atoms with van der Waals surface area (Å²) in [4.78, 5) is 35.2. The Morgan fingerprint density at radius 3 is 2.05 bits per heavy atom. The Morgan fingerprint density at radius 2 is 1.59 bits per heavy atom. The van der Waals surface area contributed by atoms with Gasteiger partial charge in [-0.05, 0) is 30.3 Å². The number of ether oxygens (including phenoxy) is 2. The number of carbonyl (C=O) groups is 3. The fourth-order valence-corrected chi connectivity index (χ4v) is 1.77. The molecule has 7 heteroatoms. The molecule has 0 atom stereocenters. The molecule has 0 bridgehead atoms. The largest absolute Gasteiger partial charge is 0.465 e. The highest BCUT2D eigenvalue weighted by molar-refractivity contribution is 6.04. The van der Waals surface area contributed by atoms with E-state index >= 15 is 0 Å². The predicted molar refractivity (Wildman–Crippen MR) is 75.8 cm³/mol. The average Bonchev–Trinajstić information content (AvgIpc) is 3.07. The minimum Gasteiger partial charge on any atom is -0.465 e. The number of hydrogen-bond acceptors (Lipinski definition) is 6. The van der Waals surface area contributed by atoms with Gasteiger partial charge in [-0.25, -0.2) is 9.59 Å². The van der Waals surface area contributed by atoms with Gasteiger partial charge >= 0.3 is 11.9 Å². The molecule has 1 aromatic heterocycles. The minimum atomic E-state index is -0.640. The van der Waals surface area contributed by atoms with E-state index in [9.17, 15) is 14.4 Å². The van der Waals surface area contributed by atoms with Gasteiger partial charge < -0.3 is 19.2 Å². The van der Waals surface area contributed by atoms with Crippen molar-refractivity contribution in [1.82, 2.24) is 0 Å². The zero-order chi connectivity index (χ0) is 16.1. The van der Waals surface area contributed by atoms with Crippen LogP contribution in [-0.2, 0) is 9.47 Å². The highest BCUT2D eigenvalue weighted by atomic mass is 16.5. The lowest BCUT2D eigenvalue weighted by molar-refractivity contribution is 0.0599. The van der Waals surface area contributed by atoms with Crippen molar-refractivity contribution in [1.29, 1.82) is 0 Å². The highest BCUT2D eigenvalue weighted by Gasteiger charge is 2.16. The molecule has 1 aromatic carbocycles. The molecule has 2 rings (SSSR count). The maximum absolute atomic E-state index is 11.9. The molecule has 0 saturated carbocycles. The summed E-state index contributed by atoms with van der Waals surface area (Å²) in [6.07, 6.45) is 1.36. The molecule has 114 valence electrons. The molecule has 22 heavy (non-hydrogen) atoms. The number of methoxy groups -OCH3 is 2. The van der Waals surface area contributed by atoms with Crippen LogP contribution in [0.15, 0.2) is 41.0 Å². The number of anilines is 1. The van der Waals surface area contributed by atoms with Gasteiger partial charge in [-0.15, -0.1) is 0 Å². The molecule has 0 radical (unpaired) electrons. The molecule has 0 spiro atoms. The van der Waals surface area contributed by atoms with Crippen LogP contribution in [0.2, 0.25) is 0 Å². The third-order valence-corrected chi connectivity index (χ3v) is 2.78. The van der Waals surface area contributed by atoms with Crippen LogP contribution in [0.25, 0.3) is 0 Å². The van der Waals surface area contributed by atoms with Crippen LogP contribution < -0.4 is 5.32 Å². The molecular formula is C15H13NO6. The Hall–Kier alpha value is -3.09. The van der Waals surface area contributed by atoms with Gasteiger partial charge in [0.25, 0.3) is 5.91 Å². The number of amides is 1. The van der Waals surface area contributed by atoms with E-state index < -0.39 is 17.8 Å². The van der Waals surface area contributed by atoms with Crippen molar-refractivity contribution in [3.63, 3.8) is 0 Å². The van der Waals surface area contributed by atoms with Gasteiger partial charge in [0.15, 0.2) is 5.76 Å². The van der Waals surface area contributed by atoms with E-state index in [1.165, 1.54) is 44.7 Å². The standard InChI is InChI=1S/C15H13NO6/c1-20-14(18)9-6-10(15(19)21-2)8-11(7-9)16-13(17)12-4-3-5-22-12/h3-8H,1-2H3,(H,16,17). The van der Waals surface area contributed by atoms with Crippen molar-refractivity contribution >= 4 is 23.5 Å². The predicted octanol–water partition coefficient (Wildman–Crippen LogP) is 2.11. The van der Waals surface area contributed by atoms with Gasteiger partial charge in [-0.3, -0.25) is 4.79 Å². The zero-order valence-corrected chi connectivity index (χ0v) is 11.9. The summed E-state index contributed by atoms with van der Waals surface area (Å²) in [5.74, 6) is -1.69. The number of carbonyl (C=O) groups excluding carboxylic acids is 3. The van der Waals surface area contributed by atoms with Gasteiger partial charge in [0.1, 0.15) is 0 Å². The number of rotatable bonds is 4. The van der Waals surface area contributed by atoms with E-state index in [4.69, 9.17) is 4.42 Å². The Bertz CT molecular complexity index is 671. The van der Waals surface area contributed by atoms with Crippen LogP contribution in [-0.4, -0.2) is 32.1 Å². The smallest absolute Gasteiger partial charge is 0.337 e. The van der Waals surface area contributed by atoms with Gasteiger partial charge in [0.05, 0.1) is 31.6 Å². The van der Waals surface area contributed by atoms with Gasteiger partial charge in [-0.2, -0.15) is 0 Å². The lowest BCUT2D eigenvalue weighted by Crippen LogP contribution is -2.13. The minimum absolute atomic E-state index is 0.100. The molecule has 0 unspecified atom stereocenters. The van der Waals surface area contributed by atoms with Gasteiger partial charge in [-0.1, -0.05) is 0 Å². The molecule has 2 aromatic rings. The number of nitrogens with one attached hydrogen (secondary N) is 1. The first-order valence-electron chi connectivity index (χ1n) is 6.21. The van der Waals surface area contributed by atoms with Crippen LogP contribution in [0.5, 0.6) is 0 Å². The molecule has 1 amide bonds. The monoisotopic (exact) mass is 303 g/mol. The van der Waals surface area contributed by atoms with E-state index in [1.807, 2.05) is 0 Å². The Balaban J connectivity index is 2.35. The molecule has 0 saturated heterocycles. The molecule has 1 N–H and O–H groups in total. The second-order valence-electron chi connectivity index (χ2n) is 4.21. The highest BCUT2D eigenvalue weighted by Crippen LogP contribution is 2.18. The first kappa shape index (κ1) is 15.3. The number of furan rings is 1. The van der Waals surface area contributed by atoms with Gasteiger partial charge in [0, 0.05) is 5.69 Å². The second kappa shape index (κ2) is 6.57. The lowest BCUT2D eigenvalue weighted by atomic mass is 10.1. The normalized spacial score (nSPS) is 9.91. The molecule has 0 aliphatic carbocycles. The van der Waals surface area contributed by atoms with E-state index in [0.717, 1.165) is 0 Å². The van der Waals surface area contributed by atoms with Crippen molar-refractivity contribution in [2.45, 2.75) is 0 Å². The maximum atomic E-state index is 11.9. The Labute approximate surface area is 125 Å². The third kappa shape index (κ3) is 3.32. The second-order valence-corrected chi connectivity index (χ2v) is 4.21. The maximum Gasteiger partial charge on any atom is 0.337 e. The van der Waals surface area contributed by atoms with E-state index in [1.54, 1.807) is 6.07 Å². The fraction of sp³-hybridized carbons (Fsp3) is 0.133. The Morgan fingerprint density at radius 1 is 1.00 bits per heavy atom. The summed E-state index contributed by atoms with van der Waals surface area (Å²) in [5, 5.41) is 2.53. The van der Waals surface area contributed by atoms with Crippen molar-refractivity contribution < 1.29 is 28.3 Å². The molecule has 0 fully saturated rings. The van der Waals surface area contributed by atoms with Crippen molar-refractivity contribution in [3.8, 4) is 0 Å². The molecule has 0 aliphatic heterocycles. The van der Waals surface area contributed by atoms with Crippen LogP contribution in [0.1, 0.15) is 31.3 Å². The zero-order valence-electron chi connectivity index (χ0n) is 11.9. The van der Waals surface area contributed by atoms with E-state index in [0.29, 0.717) is 0 Å². The van der Waals surface area contributed by atoms with E-state index in [2.05, 4.69) is 14.8 Å². The quantitative estimate of drug-likeness (QED) is 0.869. The summed E-state index contributed by atoms with van der Waals surface area (Å²) in [6.45, 7) is 0. The summed E-state index contributed by atoms with van der Waals surface area (Å²) in [6, 6.07) is 7.15. The molecular weight excluding hydrogens is 290 g/mol. The summed E-state index contributed by atoms with van der Waals surface area (Å²) < 4.78 is 14.2. The first-order valence-corrected chi connectivity index (χ1v) is 6.21.